The molecular weight excluding hydrogens is 296 g/mol. The standard InChI is InChI=1S/C14H15ClN2O4/c1-17(2)13(19)7-3-4-10(15)11(5-7)16-12(18)8-6-9(8)14(20)21/h3-5,8-9H,6H2,1-2H3,(H,16,18)(H,20,21). The van der Waals surface area contributed by atoms with Crippen LogP contribution in [0, 0.1) is 11.8 Å². The Labute approximate surface area is 126 Å². The number of carbonyl (C=O) groups is 3. The second kappa shape index (κ2) is 5.73. The predicted molar refractivity (Wildman–Crippen MR) is 77.3 cm³/mol. The first-order chi connectivity index (χ1) is 9.81. The fourth-order valence-corrected chi connectivity index (χ4v) is 2.16. The maximum absolute atomic E-state index is 11.9. The highest BCUT2D eigenvalue weighted by atomic mass is 35.5. The van der Waals surface area contributed by atoms with Crippen molar-refractivity contribution in [2.45, 2.75) is 6.42 Å². The molecule has 2 N–H and O–H groups in total. The summed E-state index contributed by atoms with van der Waals surface area (Å²) in [6.45, 7) is 0. The molecule has 1 aromatic rings. The molecule has 0 aliphatic heterocycles. The first-order valence-corrected chi connectivity index (χ1v) is 6.74. The lowest BCUT2D eigenvalue weighted by molar-refractivity contribution is -0.139. The number of rotatable bonds is 4. The molecule has 6 nitrogen and oxygen atoms in total. The van der Waals surface area contributed by atoms with E-state index in [0.717, 1.165) is 0 Å². The summed E-state index contributed by atoms with van der Waals surface area (Å²) in [5.41, 5.74) is 0.704. The first kappa shape index (κ1) is 15.3. The first-order valence-electron chi connectivity index (χ1n) is 6.36. The van der Waals surface area contributed by atoms with Crippen LogP contribution in [0.2, 0.25) is 5.02 Å². The fraction of sp³-hybridized carbons (Fsp3) is 0.357. The van der Waals surface area contributed by atoms with E-state index in [4.69, 9.17) is 16.7 Å². The molecular formula is C14H15ClN2O4. The third kappa shape index (κ3) is 3.33. The maximum atomic E-state index is 11.9. The molecule has 112 valence electrons. The second-order valence-electron chi connectivity index (χ2n) is 5.17. The Balaban J connectivity index is 2.13. The Morgan fingerprint density at radius 3 is 2.48 bits per heavy atom. The molecule has 0 heterocycles. The number of halogens is 1. The molecule has 1 saturated carbocycles. The zero-order valence-corrected chi connectivity index (χ0v) is 12.3. The summed E-state index contributed by atoms with van der Waals surface area (Å²) in [6.07, 6.45) is 0.328. The van der Waals surface area contributed by atoms with E-state index >= 15 is 0 Å². The summed E-state index contributed by atoms with van der Waals surface area (Å²) in [5.74, 6) is -2.74. The van der Waals surface area contributed by atoms with Gasteiger partial charge in [-0.15, -0.1) is 0 Å². The molecule has 1 fully saturated rings. The van der Waals surface area contributed by atoms with Crippen LogP contribution in [0.25, 0.3) is 0 Å². The smallest absolute Gasteiger partial charge is 0.307 e. The van der Waals surface area contributed by atoms with Crippen LogP contribution in [0.5, 0.6) is 0 Å². The monoisotopic (exact) mass is 310 g/mol. The van der Waals surface area contributed by atoms with E-state index in [1.54, 1.807) is 20.2 Å². The lowest BCUT2D eigenvalue weighted by Crippen LogP contribution is -2.22. The molecule has 0 saturated heterocycles. The predicted octanol–water partition coefficient (Wildman–Crippen LogP) is 1.70. The van der Waals surface area contributed by atoms with Crippen LogP contribution in [-0.4, -0.2) is 41.9 Å². The van der Waals surface area contributed by atoms with Crippen LogP contribution in [0.1, 0.15) is 16.8 Å². The van der Waals surface area contributed by atoms with Crippen LogP contribution >= 0.6 is 11.6 Å². The van der Waals surface area contributed by atoms with Crippen molar-refractivity contribution >= 4 is 35.1 Å². The molecule has 0 radical (unpaired) electrons. The lowest BCUT2D eigenvalue weighted by Gasteiger charge is -2.13. The molecule has 0 aromatic heterocycles. The van der Waals surface area contributed by atoms with E-state index in [1.807, 2.05) is 0 Å². The van der Waals surface area contributed by atoms with Crippen molar-refractivity contribution in [2.24, 2.45) is 11.8 Å². The zero-order chi connectivity index (χ0) is 15.7. The highest BCUT2D eigenvalue weighted by molar-refractivity contribution is 6.34. The number of benzene rings is 1. The quantitative estimate of drug-likeness (QED) is 0.886. The average molecular weight is 311 g/mol. The number of carbonyl (C=O) groups excluding carboxylic acids is 2. The van der Waals surface area contributed by atoms with Gasteiger partial charge in [0.2, 0.25) is 5.91 Å². The van der Waals surface area contributed by atoms with Crippen molar-refractivity contribution < 1.29 is 19.5 Å². The molecule has 0 bridgehead atoms. The summed E-state index contributed by atoms with van der Waals surface area (Å²) < 4.78 is 0. The van der Waals surface area contributed by atoms with E-state index in [2.05, 4.69) is 5.32 Å². The minimum atomic E-state index is -0.974. The maximum Gasteiger partial charge on any atom is 0.307 e. The van der Waals surface area contributed by atoms with E-state index in [-0.39, 0.29) is 5.91 Å². The largest absolute Gasteiger partial charge is 0.481 e. The van der Waals surface area contributed by atoms with Crippen molar-refractivity contribution in [2.75, 3.05) is 19.4 Å². The number of carboxylic acids is 1. The highest BCUT2D eigenvalue weighted by Gasteiger charge is 2.48. The van der Waals surface area contributed by atoms with Gasteiger partial charge in [0.1, 0.15) is 0 Å². The van der Waals surface area contributed by atoms with Crippen LogP contribution in [0.3, 0.4) is 0 Å². The number of hydrogen-bond donors (Lipinski definition) is 2. The van der Waals surface area contributed by atoms with E-state index in [9.17, 15) is 14.4 Å². The summed E-state index contributed by atoms with van der Waals surface area (Å²) in [7, 11) is 3.24. The third-order valence-electron chi connectivity index (χ3n) is 3.32. The lowest BCUT2D eigenvalue weighted by atomic mass is 10.1. The van der Waals surface area contributed by atoms with Crippen molar-refractivity contribution in [3.05, 3.63) is 28.8 Å². The molecule has 2 amide bonds. The van der Waals surface area contributed by atoms with Crippen LogP contribution < -0.4 is 5.32 Å². The van der Waals surface area contributed by atoms with Crippen LogP contribution in [-0.2, 0) is 9.59 Å². The molecule has 2 unspecified atom stereocenters. The highest BCUT2D eigenvalue weighted by Crippen LogP contribution is 2.40. The molecule has 1 aromatic carbocycles. The minimum absolute atomic E-state index is 0.211. The van der Waals surface area contributed by atoms with Crippen molar-refractivity contribution in [3.8, 4) is 0 Å². The topological polar surface area (TPSA) is 86.7 Å². The Bertz CT molecular complexity index is 615. The summed E-state index contributed by atoms with van der Waals surface area (Å²) in [4.78, 5) is 36.0. The minimum Gasteiger partial charge on any atom is -0.481 e. The van der Waals surface area contributed by atoms with Gasteiger partial charge in [0.25, 0.3) is 5.91 Å². The van der Waals surface area contributed by atoms with Gasteiger partial charge in [-0.05, 0) is 24.6 Å². The van der Waals surface area contributed by atoms with Crippen molar-refractivity contribution in [1.82, 2.24) is 4.90 Å². The molecule has 21 heavy (non-hydrogen) atoms. The molecule has 0 spiro atoms. The number of nitrogens with one attached hydrogen (secondary N) is 1. The van der Waals surface area contributed by atoms with Gasteiger partial charge in [0.05, 0.1) is 22.5 Å². The fourth-order valence-electron chi connectivity index (χ4n) is 2.00. The summed E-state index contributed by atoms with van der Waals surface area (Å²) >= 11 is 5.99. The van der Waals surface area contributed by atoms with Gasteiger partial charge in [0.15, 0.2) is 0 Å². The van der Waals surface area contributed by atoms with Crippen molar-refractivity contribution in [3.63, 3.8) is 0 Å². The number of hydrogen-bond acceptors (Lipinski definition) is 3. The van der Waals surface area contributed by atoms with Crippen molar-refractivity contribution in [1.29, 1.82) is 0 Å². The van der Waals surface area contributed by atoms with Gasteiger partial charge in [-0.3, -0.25) is 14.4 Å². The van der Waals surface area contributed by atoms with Crippen LogP contribution in [0.15, 0.2) is 18.2 Å². The van der Waals surface area contributed by atoms with Gasteiger partial charge in [-0.2, -0.15) is 0 Å². The van der Waals surface area contributed by atoms with Gasteiger partial charge in [-0.1, -0.05) is 11.6 Å². The van der Waals surface area contributed by atoms with Crippen LogP contribution in [0.4, 0.5) is 5.69 Å². The third-order valence-corrected chi connectivity index (χ3v) is 3.65. The van der Waals surface area contributed by atoms with Gasteiger partial charge in [-0.25, -0.2) is 0 Å². The Morgan fingerprint density at radius 1 is 1.29 bits per heavy atom. The number of amides is 2. The number of anilines is 1. The average Bonchev–Trinajstić information content (AvgIpc) is 3.20. The molecule has 1 aliphatic carbocycles. The van der Waals surface area contributed by atoms with E-state index in [0.29, 0.717) is 22.7 Å². The van der Waals surface area contributed by atoms with E-state index < -0.39 is 23.7 Å². The molecule has 2 rings (SSSR count). The Morgan fingerprint density at radius 2 is 1.95 bits per heavy atom. The Hall–Kier alpha value is -2.08. The SMILES string of the molecule is CN(C)C(=O)c1ccc(Cl)c(NC(=O)C2CC2C(=O)O)c1. The molecule has 2 atom stereocenters. The molecule has 7 heteroatoms. The zero-order valence-electron chi connectivity index (χ0n) is 11.6. The normalized spacial score (nSPS) is 19.8. The molecule has 1 aliphatic rings. The summed E-state index contributed by atoms with van der Waals surface area (Å²) in [5, 5.41) is 11.7. The van der Waals surface area contributed by atoms with E-state index in [1.165, 1.54) is 17.0 Å². The number of nitrogens with zero attached hydrogens (tertiary/aromatic N) is 1. The Kier molecular flexibility index (Phi) is 4.18. The van der Waals surface area contributed by atoms with Gasteiger partial charge in [0, 0.05) is 19.7 Å². The van der Waals surface area contributed by atoms with Gasteiger partial charge < -0.3 is 15.3 Å². The second-order valence-corrected chi connectivity index (χ2v) is 5.58. The number of carboxylic acid groups (broad SMARTS) is 1. The summed E-state index contributed by atoms with van der Waals surface area (Å²) in [6, 6.07) is 4.58. The van der Waals surface area contributed by atoms with Gasteiger partial charge >= 0.3 is 5.97 Å². The number of aliphatic carboxylic acids is 1.